The van der Waals surface area contributed by atoms with E-state index in [1.54, 1.807) is 6.20 Å². The zero-order valence-electron chi connectivity index (χ0n) is 15.2. The molecule has 0 aliphatic rings. The minimum atomic E-state index is 0.276. The second-order valence-electron chi connectivity index (χ2n) is 6.37. The smallest absolute Gasteiger partial charge is 0.156 e. The van der Waals surface area contributed by atoms with Crippen molar-refractivity contribution < 1.29 is 0 Å². The van der Waals surface area contributed by atoms with Gasteiger partial charge >= 0.3 is 0 Å². The Balaban J connectivity index is 2.09. The molecule has 0 aromatic carbocycles. The first-order chi connectivity index (χ1) is 12.1. The first-order valence-corrected chi connectivity index (χ1v) is 8.66. The van der Waals surface area contributed by atoms with E-state index in [9.17, 15) is 0 Å². The van der Waals surface area contributed by atoms with Crippen molar-refractivity contribution in [2.24, 2.45) is 7.05 Å². The topological polar surface area (TPSA) is 68.5 Å². The average Bonchev–Trinajstić information content (AvgIpc) is 2.90. The fraction of sp³-hybridized carbons (Fsp3) is 0.368. The molecule has 0 amide bonds. The summed E-state index contributed by atoms with van der Waals surface area (Å²) < 4.78 is 1.87. The van der Waals surface area contributed by atoms with E-state index >= 15 is 0 Å². The Bertz CT molecular complexity index is 880. The highest BCUT2D eigenvalue weighted by molar-refractivity contribution is 5.89. The van der Waals surface area contributed by atoms with Crippen molar-refractivity contribution in [1.82, 2.24) is 24.7 Å². The van der Waals surface area contributed by atoms with Crippen molar-refractivity contribution in [3.05, 3.63) is 41.6 Å². The van der Waals surface area contributed by atoms with Gasteiger partial charge in [0.1, 0.15) is 11.0 Å². The van der Waals surface area contributed by atoms with Crippen LogP contribution in [0.4, 0.5) is 5.82 Å². The first-order valence-electron chi connectivity index (χ1n) is 8.66. The fourth-order valence-corrected chi connectivity index (χ4v) is 2.76. The standard InChI is InChI=1S/C19H24N6/c1-5-7-15-17-18(25(4)24-15)19(21-13(2)3)23-16(22-17)10-9-14-8-6-11-20-12-14/h6,8-13H,5,7H2,1-4H3,(H,21,22,23)/b10-9+. The van der Waals surface area contributed by atoms with E-state index < -0.39 is 0 Å². The molecule has 3 aromatic heterocycles. The molecule has 6 nitrogen and oxygen atoms in total. The molecule has 3 heterocycles. The van der Waals surface area contributed by atoms with Gasteiger partial charge in [0.05, 0.1) is 5.69 Å². The molecule has 0 unspecified atom stereocenters. The largest absolute Gasteiger partial charge is 0.366 e. The van der Waals surface area contributed by atoms with E-state index in [1.807, 2.05) is 42.2 Å². The first kappa shape index (κ1) is 17.1. The number of nitrogens with one attached hydrogen (secondary N) is 1. The molecule has 0 radical (unpaired) electrons. The van der Waals surface area contributed by atoms with Crippen LogP contribution in [0.2, 0.25) is 0 Å². The summed E-state index contributed by atoms with van der Waals surface area (Å²) in [5.41, 5.74) is 3.92. The molecule has 3 rings (SSSR count). The van der Waals surface area contributed by atoms with E-state index in [4.69, 9.17) is 9.97 Å². The molecule has 6 heteroatoms. The molecular weight excluding hydrogens is 312 g/mol. The number of anilines is 1. The van der Waals surface area contributed by atoms with Crippen molar-refractivity contribution in [2.75, 3.05) is 5.32 Å². The van der Waals surface area contributed by atoms with Gasteiger partial charge < -0.3 is 5.32 Å². The molecule has 0 bridgehead atoms. The van der Waals surface area contributed by atoms with Crippen molar-refractivity contribution in [2.45, 2.75) is 39.7 Å². The number of aromatic nitrogens is 5. The molecule has 0 aliphatic heterocycles. The summed E-state index contributed by atoms with van der Waals surface area (Å²) in [6.07, 6.45) is 9.41. The number of rotatable bonds is 6. The van der Waals surface area contributed by atoms with E-state index in [2.05, 4.69) is 36.2 Å². The Kier molecular flexibility index (Phi) is 5.07. The van der Waals surface area contributed by atoms with Crippen molar-refractivity contribution in [3.8, 4) is 0 Å². The van der Waals surface area contributed by atoms with Gasteiger partial charge in [-0.1, -0.05) is 19.4 Å². The molecule has 0 fully saturated rings. The molecule has 0 saturated carbocycles. The SMILES string of the molecule is CCCc1nn(C)c2c(NC(C)C)nc(/C=C/c3cccnc3)nc12. The van der Waals surface area contributed by atoms with Crippen molar-refractivity contribution in [1.29, 1.82) is 0 Å². The summed E-state index contributed by atoms with van der Waals surface area (Å²) in [4.78, 5) is 13.6. The lowest BCUT2D eigenvalue weighted by molar-refractivity contribution is 0.751. The second-order valence-corrected chi connectivity index (χ2v) is 6.37. The maximum absolute atomic E-state index is 4.76. The molecule has 0 saturated heterocycles. The third-order valence-corrected chi connectivity index (χ3v) is 3.79. The normalized spacial score (nSPS) is 11.7. The quantitative estimate of drug-likeness (QED) is 0.743. The van der Waals surface area contributed by atoms with Gasteiger partial charge in [-0.25, -0.2) is 9.97 Å². The van der Waals surface area contributed by atoms with Gasteiger partial charge in [-0.2, -0.15) is 5.10 Å². The van der Waals surface area contributed by atoms with E-state index in [0.29, 0.717) is 5.82 Å². The Morgan fingerprint density at radius 3 is 2.76 bits per heavy atom. The lowest BCUT2D eigenvalue weighted by Gasteiger charge is -2.11. The molecule has 1 N–H and O–H groups in total. The predicted molar refractivity (Wildman–Crippen MR) is 102 cm³/mol. The number of pyridine rings is 1. The van der Waals surface area contributed by atoms with Crippen LogP contribution in [0.5, 0.6) is 0 Å². The lowest BCUT2D eigenvalue weighted by atomic mass is 10.2. The second kappa shape index (κ2) is 7.42. The Morgan fingerprint density at radius 1 is 1.24 bits per heavy atom. The summed E-state index contributed by atoms with van der Waals surface area (Å²) in [5.74, 6) is 1.49. The lowest BCUT2D eigenvalue weighted by Crippen LogP contribution is -2.13. The molecule has 130 valence electrons. The number of nitrogens with zero attached hydrogens (tertiary/aromatic N) is 5. The van der Waals surface area contributed by atoms with Crippen LogP contribution >= 0.6 is 0 Å². The van der Waals surface area contributed by atoms with Crippen LogP contribution in [0.3, 0.4) is 0 Å². The highest BCUT2D eigenvalue weighted by atomic mass is 15.3. The molecule has 25 heavy (non-hydrogen) atoms. The van der Waals surface area contributed by atoms with Crippen molar-refractivity contribution in [3.63, 3.8) is 0 Å². The number of hydrogen-bond acceptors (Lipinski definition) is 5. The average molecular weight is 336 g/mol. The summed E-state index contributed by atoms with van der Waals surface area (Å²) in [5, 5.41) is 8.07. The van der Waals surface area contributed by atoms with Gasteiger partial charge in [0, 0.05) is 25.5 Å². The summed E-state index contributed by atoms with van der Waals surface area (Å²) >= 11 is 0. The third kappa shape index (κ3) is 3.84. The number of hydrogen-bond donors (Lipinski definition) is 1. The third-order valence-electron chi connectivity index (χ3n) is 3.79. The minimum absolute atomic E-state index is 0.276. The summed E-state index contributed by atoms with van der Waals surface area (Å²) in [7, 11) is 1.95. The number of fused-ring (bicyclic) bond motifs is 1. The predicted octanol–water partition coefficient (Wildman–Crippen LogP) is 3.70. The van der Waals surface area contributed by atoms with E-state index in [0.717, 1.165) is 41.0 Å². The van der Waals surface area contributed by atoms with Gasteiger partial charge in [0.15, 0.2) is 11.6 Å². The summed E-state index contributed by atoms with van der Waals surface area (Å²) in [6.45, 7) is 6.35. The summed E-state index contributed by atoms with van der Waals surface area (Å²) in [6, 6.07) is 4.19. The van der Waals surface area contributed by atoms with Crippen LogP contribution in [0.25, 0.3) is 23.2 Å². The van der Waals surface area contributed by atoms with E-state index in [-0.39, 0.29) is 6.04 Å². The van der Waals surface area contributed by atoms with Crippen LogP contribution < -0.4 is 5.32 Å². The zero-order chi connectivity index (χ0) is 17.8. The van der Waals surface area contributed by atoms with Crippen LogP contribution in [0, 0.1) is 0 Å². The molecule has 0 spiro atoms. The van der Waals surface area contributed by atoms with Crippen LogP contribution in [-0.2, 0) is 13.5 Å². The maximum Gasteiger partial charge on any atom is 0.156 e. The van der Waals surface area contributed by atoms with Crippen molar-refractivity contribution >= 4 is 29.0 Å². The van der Waals surface area contributed by atoms with Crippen LogP contribution in [0.1, 0.15) is 44.3 Å². The van der Waals surface area contributed by atoms with Crippen LogP contribution in [0.15, 0.2) is 24.5 Å². The monoisotopic (exact) mass is 336 g/mol. The Hall–Kier alpha value is -2.76. The molecular formula is C19H24N6. The zero-order valence-corrected chi connectivity index (χ0v) is 15.2. The van der Waals surface area contributed by atoms with Gasteiger partial charge in [0.25, 0.3) is 0 Å². The minimum Gasteiger partial charge on any atom is -0.366 e. The Morgan fingerprint density at radius 2 is 2.08 bits per heavy atom. The Labute approximate surface area is 148 Å². The van der Waals surface area contributed by atoms with Gasteiger partial charge in [-0.15, -0.1) is 0 Å². The fourth-order valence-electron chi connectivity index (χ4n) is 2.76. The molecule has 3 aromatic rings. The van der Waals surface area contributed by atoms with Crippen LogP contribution in [-0.4, -0.2) is 30.8 Å². The van der Waals surface area contributed by atoms with Gasteiger partial charge in [0.2, 0.25) is 0 Å². The molecule has 0 atom stereocenters. The maximum atomic E-state index is 4.76. The van der Waals surface area contributed by atoms with E-state index in [1.165, 1.54) is 0 Å². The number of aryl methyl sites for hydroxylation is 2. The highest BCUT2D eigenvalue weighted by Crippen LogP contribution is 2.25. The highest BCUT2D eigenvalue weighted by Gasteiger charge is 2.16. The van der Waals surface area contributed by atoms with Gasteiger partial charge in [-0.3, -0.25) is 9.67 Å². The molecule has 0 aliphatic carbocycles. The van der Waals surface area contributed by atoms with Gasteiger partial charge in [-0.05, 0) is 44.1 Å².